The lowest BCUT2D eigenvalue weighted by molar-refractivity contribution is -0.120. The highest BCUT2D eigenvalue weighted by Gasteiger charge is 2.35. The van der Waals surface area contributed by atoms with E-state index in [0.717, 1.165) is 17.0 Å². The van der Waals surface area contributed by atoms with Crippen LogP contribution in [0.5, 0.6) is 0 Å². The average molecular weight is 334 g/mol. The van der Waals surface area contributed by atoms with Crippen LogP contribution in [0.4, 0.5) is 14.5 Å². The summed E-state index contributed by atoms with van der Waals surface area (Å²) < 4.78 is 26.2. The van der Waals surface area contributed by atoms with Gasteiger partial charge < -0.3 is 0 Å². The highest BCUT2D eigenvalue weighted by atomic mass is 35.5. The van der Waals surface area contributed by atoms with Crippen LogP contribution in [-0.2, 0) is 9.59 Å². The molecule has 1 fully saturated rings. The van der Waals surface area contributed by atoms with Gasteiger partial charge in [-0.05, 0) is 42.0 Å². The van der Waals surface area contributed by atoms with E-state index >= 15 is 0 Å². The van der Waals surface area contributed by atoms with Crippen molar-refractivity contribution in [2.24, 2.45) is 0 Å². The molecule has 6 heteroatoms. The zero-order valence-electron chi connectivity index (χ0n) is 11.7. The number of imide groups is 1. The summed E-state index contributed by atoms with van der Waals surface area (Å²) in [4.78, 5) is 25.5. The highest BCUT2D eigenvalue weighted by Crippen LogP contribution is 2.29. The summed E-state index contributed by atoms with van der Waals surface area (Å²) in [5.74, 6) is -2.88. The van der Waals surface area contributed by atoms with Gasteiger partial charge >= 0.3 is 0 Å². The lowest BCUT2D eigenvalue weighted by atomic mass is 10.1. The zero-order valence-corrected chi connectivity index (χ0v) is 12.5. The predicted octanol–water partition coefficient (Wildman–Crippen LogP) is 3.97. The first-order chi connectivity index (χ1) is 11.0. The van der Waals surface area contributed by atoms with E-state index in [4.69, 9.17) is 11.6 Å². The second-order valence-corrected chi connectivity index (χ2v) is 5.47. The lowest BCUT2D eigenvalue weighted by Crippen LogP contribution is -2.28. The highest BCUT2D eigenvalue weighted by molar-refractivity contribution is 6.32. The molecule has 0 aliphatic carbocycles. The van der Waals surface area contributed by atoms with Crippen molar-refractivity contribution in [1.82, 2.24) is 0 Å². The van der Waals surface area contributed by atoms with Gasteiger partial charge in [0.2, 0.25) is 5.91 Å². The Morgan fingerprint density at radius 3 is 2.52 bits per heavy atom. The number of amides is 2. The van der Waals surface area contributed by atoms with Crippen molar-refractivity contribution in [3.05, 3.63) is 70.3 Å². The van der Waals surface area contributed by atoms with Crippen LogP contribution in [0, 0.1) is 11.6 Å². The van der Waals surface area contributed by atoms with Crippen LogP contribution < -0.4 is 4.90 Å². The molecule has 0 atom stereocenters. The summed E-state index contributed by atoms with van der Waals surface area (Å²) >= 11 is 5.88. The fourth-order valence-corrected chi connectivity index (χ4v) is 2.55. The molecule has 2 aromatic rings. The molecule has 3 rings (SSSR count). The second-order valence-electron chi connectivity index (χ2n) is 5.03. The summed E-state index contributed by atoms with van der Waals surface area (Å²) in [6.07, 6.45) is 1.28. The molecule has 3 nitrogen and oxygen atoms in total. The fraction of sp³-hybridized carbons (Fsp3) is 0.0588. The fourth-order valence-electron chi connectivity index (χ4n) is 2.37. The van der Waals surface area contributed by atoms with Gasteiger partial charge in [0, 0.05) is 10.6 Å². The first-order valence-electron chi connectivity index (χ1n) is 6.74. The van der Waals surface area contributed by atoms with Crippen molar-refractivity contribution >= 4 is 35.2 Å². The molecule has 0 saturated carbocycles. The van der Waals surface area contributed by atoms with Gasteiger partial charge in [0.25, 0.3) is 5.91 Å². The van der Waals surface area contributed by atoms with Crippen molar-refractivity contribution in [2.45, 2.75) is 6.42 Å². The van der Waals surface area contributed by atoms with Gasteiger partial charge in [-0.15, -0.1) is 0 Å². The first-order valence-corrected chi connectivity index (χ1v) is 7.12. The minimum absolute atomic E-state index is 0.107. The average Bonchev–Trinajstić information content (AvgIpc) is 2.77. The molecule has 0 radical (unpaired) electrons. The summed E-state index contributed by atoms with van der Waals surface area (Å²) in [6, 6.07) is 9.66. The van der Waals surface area contributed by atoms with Gasteiger partial charge in [0.05, 0.1) is 12.1 Å². The van der Waals surface area contributed by atoms with Gasteiger partial charge in [-0.3, -0.25) is 9.59 Å². The zero-order chi connectivity index (χ0) is 16.6. The molecule has 1 saturated heterocycles. The number of hydrogen-bond acceptors (Lipinski definition) is 2. The molecule has 116 valence electrons. The van der Waals surface area contributed by atoms with Gasteiger partial charge in [-0.25, -0.2) is 13.7 Å². The van der Waals surface area contributed by atoms with Crippen LogP contribution in [0.15, 0.2) is 48.0 Å². The molecule has 0 unspecified atom stereocenters. The molecule has 0 aromatic heterocycles. The Morgan fingerprint density at radius 1 is 1.04 bits per heavy atom. The number of rotatable bonds is 2. The number of anilines is 1. The van der Waals surface area contributed by atoms with E-state index in [1.54, 1.807) is 18.2 Å². The summed E-state index contributed by atoms with van der Waals surface area (Å²) in [7, 11) is 0. The minimum atomic E-state index is -1.01. The van der Waals surface area contributed by atoms with Crippen LogP contribution in [-0.4, -0.2) is 11.8 Å². The molecule has 2 aromatic carbocycles. The Bertz CT molecular complexity index is 848. The molecule has 1 aliphatic rings. The van der Waals surface area contributed by atoms with Crippen LogP contribution in [0.1, 0.15) is 12.0 Å². The number of nitrogens with zero attached hydrogens (tertiary/aromatic N) is 1. The standard InChI is InChI=1S/C17H10ClF2NO2/c18-12-2-1-3-13(9-12)21-16(22)8-11(17(21)23)6-10-4-5-14(19)15(20)7-10/h1-7,9H,8H2/b11-6+. The van der Waals surface area contributed by atoms with Crippen molar-refractivity contribution < 1.29 is 18.4 Å². The van der Waals surface area contributed by atoms with Crippen LogP contribution in [0.25, 0.3) is 6.08 Å². The monoisotopic (exact) mass is 333 g/mol. The Labute approximate surface area is 135 Å². The van der Waals surface area contributed by atoms with Gasteiger partial charge in [-0.2, -0.15) is 0 Å². The summed E-state index contributed by atoms with van der Waals surface area (Å²) in [5, 5.41) is 0.404. The van der Waals surface area contributed by atoms with E-state index in [1.165, 1.54) is 18.2 Å². The molecule has 23 heavy (non-hydrogen) atoms. The molecule has 1 heterocycles. The van der Waals surface area contributed by atoms with Crippen molar-refractivity contribution in [1.29, 1.82) is 0 Å². The smallest absolute Gasteiger partial charge is 0.261 e. The second kappa shape index (κ2) is 5.93. The van der Waals surface area contributed by atoms with E-state index in [2.05, 4.69) is 0 Å². The van der Waals surface area contributed by atoms with Crippen LogP contribution in [0.2, 0.25) is 5.02 Å². The molecular weight excluding hydrogens is 324 g/mol. The maximum Gasteiger partial charge on any atom is 0.261 e. The lowest BCUT2D eigenvalue weighted by Gasteiger charge is -2.13. The SMILES string of the molecule is O=C1C/C(=C\c2ccc(F)c(F)c2)C(=O)N1c1cccc(Cl)c1. The maximum absolute atomic E-state index is 13.2. The predicted molar refractivity (Wildman–Crippen MR) is 82.9 cm³/mol. The van der Waals surface area contributed by atoms with E-state index < -0.39 is 23.4 Å². The number of carbonyl (C=O) groups is 2. The number of hydrogen-bond donors (Lipinski definition) is 0. The van der Waals surface area contributed by atoms with E-state index in [1.807, 2.05) is 0 Å². The first kappa shape index (κ1) is 15.4. The van der Waals surface area contributed by atoms with Crippen LogP contribution in [0.3, 0.4) is 0 Å². The molecule has 0 bridgehead atoms. The largest absolute Gasteiger partial charge is 0.274 e. The van der Waals surface area contributed by atoms with Gasteiger partial charge in [-0.1, -0.05) is 23.7 Å². The van der Waals surface area contributed by atoms with Crippen molar-refractivity contribution in [3.63, 3.8) is 0 Å². The quantitative estimate of drug-likeness (QED) is 0.616. The van der Waals surface area contributed by atoms with E-state index in [0.29, 0.717) is 16.3 Å². The third-order valence-corrected chi connectivity index (χ3v) is 3.65. The van der Waals surface area contributed by atoms with Crippen LogP contribution >= 0.6 is 11.6 Å². The van der Waals surface area contributed by atoms with Crippen molar-refractivity contribution in [3.8, 4) is 0 Å². The van der Waals surface area contributed by atoms with E-state index in [9.17, 15) is 18.4 Å². The molecular formula is C17H10ClF2NO2. The third-order valence-electron chi connectivity index (χ3n) is 3.42. The van der Waals surface area contributed by atoms with Gasteiger partial charge in [0.15, 0.2) is 11.6 Å². The topological polar surface area (TPSA) is 37.4 Å². The Kier molecular flexibility index (Phi) is 3.96. The maximum atomic E-state index is 13.2. The third kappa shape index (κ3) is 3.00. The number of halogens is 3. The molecule has 1 aliphatic heterocycles. The normalized spacial score (nSPS) is 16.5. The van der Waals surface area contributed by atoms with E-state index in [-0.39, 0.29) is 12.0 Å². The molecule has 2 amide bonds. The Morgan fingerprint density at radius 2 is 1.83 bits per heavy atom. The summed E-state index contributed by atoms with van der Waals surface area (Å²) in [6.45, 7) is 0. The van der Waals surface area contributed by atoms with Gasteiger partial charge in [0.1, 0.15) is 0 Å². The summed E-state index contributed by atoms with van der Waals surface area (Å²) in [5.41, 5.74) is 0.898. The Hall–Kier alpha value is -2.53. The minimum Gasteiger partial charge on any atom is -0.274 e. The molecule has 0 spiro atoms. The Balaban J connectivity index is 1.94. The number of carbonyl (C=O) groups excluding carboxylic acids is 2. The molecule has 0 N–H and O–H groups in total. The van der Waals surface area contributed by atoms with Crippen molar-refractivity contribution in [2.75, 3.05) is 4.90 Å². The number of benzene rings is 2.